The minimum atomic E-state index is -3.77. The van der Waals surface area contributed by atoms with Crippen molar-refractivity contribution in [2.24, 2.45) is 4.99 Å². The van der Waals surface area contributed by atoms with Gasteiger partial charge in [0.05, 0.1) is 18.1 Å². The largest absolute Gasteiger partial charge is 0.390 e. The Hall–Kier alpha value is -3.85. The zero-order chi connectivity index (χ0) is 31.0. The van der Waals surface area contributed by atoms with Gasteiger partial charge in [-0.15, -0.1) is 0 Å². The number of aryl methyl sites for hydroxylation is 2. The fraction of sp³-hybridized carbons (Fsp3) is 0.438. The third kappa shape index (κ3) is 6.42. The van der Waals surface area contributed by atoms with Crippen molar-refractivity contribution in [1.82, 2.24) is 14.5 Å². The summed E-state index contributed by atoms with van der Waals surface area (Å²) in [7, 11) is -3.77. The van der Waals surface area contributed by atoms with Crippen LogP contribution in [0.5, 0.6) is 0 Å². The summed E-state index contributed by atoms with van der Waals surface area (Å²) < 4.78 is 27.9. The molecule has 2 fully saturated rings. The molecule has 2 saturated heterocycles. The smallest absolute Gasteiger partial charge is 0.253 e. The quantitative estimate of drug-likeness (QED) is 0.520. The highest BCUT2D eigenvalue weighted by molar-refractivity contribution is 7.92. The molecule has 0 saturated carbocycles. The average Bonchev–Trinajstić information content (AvgIpc) is 3.27. The number of nitriles is 1. The maximum Gasteiger partial charge on any atom is 0.253 e. The molecule has 3 heterocycles. The van der Waals surface area contributed by atoms with E-state index in [0.717, 1.165) is 27.8 Å². The van der Waals surface area contributed by atoms with E-state index in [9.17, 15) is 23.1 Å². The minimum absolute atomic E-state index is 0.0938. The standard InChI is InChI=1S/C32H37N5O5S/c1-22-19-26(29(38)36-14-9-31(3,40)10-15-36)20-23(2)27(22)8-18-43(41,42)37-16-11-32(12-17-37)30(39)34-28(35-32)25-6-4-5-24(21-25)7-13-33/h4-6,8,18-21,40H,7,9-12,14-17H2,1-3H3,(H,34,35,39)/b18-8+. The van der Waals surface area contributed by atoms with Crippen LogP contribution in [0.3, 0.4) is 0 Å². The third-order valence-corrected chi connectivity index (χ3v) is 10.3. The normalized spacial score (nSPS) is 20.2. The summed E-state index contributed by atoms with van der Waals surface area (Å²) in [4.78, 5) is 32.6. The maximum absolute atomic E-state index is 13.3. The van der Waals surface area contributed by atoms with Crippen molar-refractivity contribution in [3.8, 4) is 6.07 Å². The van der Waals surface area contributed by atoms with Gasteiger partial charge in [-0.05, 0) is 93.0 Å². The molecular weight excluding hydrogens is 566 g/mol. The van der Waals surface area contributed by atoms with Crippen molar-refractivity contribution < 1.29 is 23.1 Å². The SMILES string of the molecule is Cc1cc(C(=O)N2CCC(C)(O)CC2)cc(C)c1/C=C/S(=O)(=O)N1CCC2(CC1)N=C(c1cccc(CC#N)c1)NC2=O. The van der Waals surface area contributed by atoms with Crippen LogP contribution >= 0.6 is 0 Å². The first-order valence-electron chi connectivity index (χ1n) is 14.5. The number of carbonyl (C=O) groups excluding carboxylic acids is 2. The second kappa shape index (κ2) is 11.7. The Balaban J connectivity index is 1.26. The van der Waals surface area contributed by atoms with Crippen LogP contribution in [0.25, 0.3) is 6.08 Å². The topological polar surface area (TPSA) is 143 Å². The van der Waals surface area contributed by atoms with Crippen LogP contribution in [0.4, 0.5) is 0 Å². The molecule has 0 bridgehead atoms. The van der Waals surface area contributed by atoms with Gasteiger partial charge in [-0.2, -0.15) is 9.57 Å². The summed E-state index contributed by atoms with van der Waals surface area (Å²) >= 11 is 0. The van der Waals surface area contributed by atoms with E-state index < -0.39 is 21.2 Å². The monoisotopic (exact) mass is 603 g/mol. The van der Waals surface area contributed by atoms with Crippen molar-refractivity contribution >= 4 is 33.7 Å². The number of aliphatic imine (C=N–C) groups is 1. The molecule has 0 unspecified atom stereocenters. The van der Waals surface area contributed by atoms with Crippen LogP contribution in [0, 0.1) is 25.2 Å². The molecule has 3 aliphatic rings. The van der Waals surface area contributed by atoms with Gasteiger partial charge in [0.1, 0.15) is 11.4 Å². The molecule has 10 nitrogen and oxygen atoms in total. The van der Waals surface area contributed by atoms with Gasteiger partial charge >= 0.3 is 0 Å². The summed E-state index contributed by atoms with van der Waals surface area (Å²) in [5.74, 6) is 0.112. The second-order valence-corrected chi connectivity index (χ2v) is 13.9. The number of nitrogens with zero attached hydrogens (tertiary/aromatic N) is 4. The zero-order valence-corrected chi connectivity index (χ0v) is 25.6. The summed E-state index contributed by atoms with van der Waals surface area (Å²) in [6, 6.07) is 13.0. The van der Waals surface area contributed by atoms with Crippen molar-refractivity contribution in [3.63, 3.8) is 0 Å². The number of benzene rings is 2. The Bertz CT molecular complexity index is 1630. The molecule has 2 N–H and O–H groups in total. The Morgan fingerprint density at radius 1 is 1.09 bits per heavy atom. The lowest BCUT2D eigenvalue weighted by Crippen LogP contribution is -2.50. The van der Waals surface area contributed by atoms with Gasteiger partial charge in [0.15, 0.2) is 0 Å². The van der Waals surface area contributed by atoms with Crippen LogP contribution in [-0.2, 0) is 21.2 Å². The molecule has 43 heavy (non-hydrogen) atoms. The van der Waals surface area contributed by atoms with E-state index in [1.54, 1.807) is 30.0 Å². The van der Waals surface area contributed by atoms with E-state index in [-0.39, 0.29) is 44.2 Å². The number of likely N-dealkylation sites (tertiary alicyclic amines) is 1. The first-order valence-corrected chi connectivity index (χ1v) is 16.0. The third-order valence-electron chi connectivity index (χ3n) is 8.75. The lowest BCUT2D eigenvalue weighted by molar-refractivity contribution is -0.124. The molecule has 2 aromatic rings. The molecule has 1 spiro atoms. The van der Waals surface area contributed by atoms with Crippen LogP contribution in [0.15, 0.2) is 46.8 Å². The average molecular weight is 604 g/mol. The Kier molecular flexibility index (Phi) is 8.31. The summed E-state index contributed by atoms with van der Waals surface area (Å²) in [6.45, 7) is 6.78. The second-order valence-electron chi connectivity index (χ2n) is 12.0. The van der Waals surface area contributed by atoms with Crippen molar-refractivity contribution in [2.75, 3.05) is 26.2 Å². The molecule has 0 atom stereocenters. The molecule has 0 aliphatic carbocycles. The fourth-order valence-electron chi connectivity index (χ4n) is 6.00. The number of nitrogens with one attached hydrogen (secondary N) is 1. The predicted octanol–water partition coefficient (Wildman–Crippen LogP) is 3.07. The number of aliphatic hydroxyl groups is 1. The van der Waals surface area contributed by atoms with E-state index in [1.807, 2.05) is 38.1 Å². The lowest BCUT2D eigenvalue weighted by atomic mass is 9.89. The number of piperidine rings is 2. The van der Waals surface area contributed by atoms with E-state index >= 15 is 0 Å². The zero-order valence-electron chi connectivity index (χ0n) is 24.8. The van der Waals surface area contributed by atoms with Gasteiger partial charge in [-0.25, -0.2) is 8.42 Å². The van der Waals surface area contributed by atoms with Crippen molar-refractivity contribution in [3.05, 3.63) is 75.2 Å². The summed E-state index contributed by atoms with van der Waals surface area (Å²) in [6.07, 6.45) is 3.40. The molecule has 0 aromatic heterocycles. The Labute approximate surface area is 252 Å². The lowest BCUT2D eigenvalue weighted by Gasteiger charge is -2.36. The van der Waals surface area contributed by atoms with Crippen LogP contribution in [-0.4, -0.2) is 77.7 Å². The highest BCUT2D eigenvalue weighted by atomic mass is 32.2. The number of hydrogen-bond acceptors (Lipinski definition) is 7. The van der Waals surface area contributed by atoms with E-state index in [2.05, 4.69) is 11.4 Å². The van der Waals surface area contributed by atoms with Gasteiger partial charge < -0.3 is 15.3 Å². The Morgan fingerprint density at radius 2 is 1.74 bits per heavy atom. The van der Waals surface area contributed by atoms with Crippen LogP contribution < -0.4 is 5.32 Å². The van der Waals surface area contributed by atoms with Gasteiger partial charge in [0, 0.05) is 42.7 Å². The molecule has 2 amide bonds. The maximum atomic E-state index is 13.3. The van der Waals surface area contributed by atoms with E-state index in [4.69, 9.17) is 10.3 Å². The summed E-state index contributed by atoms with van der Waals surface area (Å²) in [5.41, 5.74) is 2.65. The summed E-state index contributed by atoms with van der Waals surface area (Å²) in [5, 5.41) is 23.2. The number of carbonyl (C=O) groups is 2. The van der Waals surface area contributed by atoms with Crippen molar-refractivity contribution in [2.45, 2.75) is 64.0 Å². The predicted molar refractivity (Wildman–Crippen MR) is 164 cm³/mol. The molecule has 3 aliphatic heterocycles. The number of sulfonamides is 1. The Morgan fingerprint density at radius 3 is 2.37 bits per heavy atom. The molecule has 5 rings (SSSR count). The van der Waals surface area contributed by atoms with Crippen molar-refractivity contribution in [1.29, 1.82) is 5.26 Å². The molecule has 0 radical (unpaired) electrons. The first kappa shape index (κ1) is 30.6. The number of hydrogen-bond donors (Lipinski definition) is 2. The highest BCUT2D eigenvalue weighted by Gasteiger charge is 2.47. The molecular formula is C32H37N5O5S. The van der Waals surface area contributed by atoms with Gasteiger partial charge in [-0.1, -0.05) is 18.2 Å². The molecule has 226 valence electrons. The van der Waals surface area contributed by atoms with Gasteiger partial charge in [0.2, 0.25) is 10.0 Å². The number of rotatable bonds is 6. The molecule has 2 aromatic carbocycles. The van der Waals surface area contributed by atoms with E-state index in [1.165, 1.54) is 9.71 Å². The van der Waals surface area contributed by atoms with Crippen LogP contribution in [0.2, 0.25) is 0 Å². The number of amides is 2. The molecule has 11 heteroatoms. The first-order chi connectivity index (χ1) is 20.3. The van der Waals surface area contributed by atoms with Gasteiger partial charge in [0.25, 0.3) is 11.8 Å². The van der Waals surface area contributed by atoms with Crippen LogP contribution in [0.1, 0.15) is 70.8 Å². The fourth-order valence-corrected chi connectivity index (χ4v) is 7.17. The highest BCUT2D eigenvalue weighted by Crippen LogP contribution is 2.33. The van der Waals surface area contributed by atoms with E-state index in [0.29, 0.717) is 37.3 Å². The number of amidine groups is 1. The van der Waals surface area contributed by atoms with Gasteiger partial charge in [-0.3, -0.25) is 14.6 Å². The minimum Gasteiger partial charge on any atom is -0.390 e.